The molecule has 2 aromatic rings. The van der Waals surface area contributed by atoms with E-state index in [-0.39, 0.29) is 18.1 Å². The zero-order valence-corrected chi connectivity index (χ0v) is 18.5. The Bertz CT molecular complexity index is 1010. The molecule has 6 nitrogen and oxygen atoms in total. The van der Waals surface area contributed by atoms with Crippen molar-refractivity contribution >= 4 is 34.8 Å². The summed E-state index contributed by atoms with van der Waals surface area (Å²) in [7, 11) is 0. The number of carbonyl (C=O) groups is 2. The van der Waals surface area contributed by atoms with Crippen LogP contribution in [0.1, 0.15) is 12.5 Å². The van der Waals surface area contributed by atoms with Crippen LogP contribution in [0.5, 0.6) is 0 Å². The van der Waals surface area contributed by atoms with Crippen LogP contribution in [-0.2, 0) is 15.8 Å². The van der Waals surface area contributed by atoms with E-state index < -0.39 is 34.5 Å². The summed E-state index contributed by atoms with van der Waals surface area (Å²) in [5.74, 6) is -1.16. The van der Waals surface area contributed by atoms with E-state index in [1.54, 1.807) is 13.0 Å². The quantitative estimate of drug-likeness (QED) is 0.604. The summed E-state index contributed by atoms with van der Waals surface area (Å²) in [5, 5.41) is 4.71. The van der Waals surface area contributed by atoms with Gasteiger partial charge in [0.2, 0.25) is 11.8 Å². The van der Waals surface area contributed by atoms with Crippen molar-refractivity contribution in [2.75, 3.05) is 43.4 Å². The minimum Gasteiger partial charge on any atom is -0.325 e. The monoisotopic (exact) mass is 486 g/mol. The zero-order chi connectivity index (χ0) is 24.2. The lowest BCUT2D eigenvalue weighted by Crippen LogP contribution is -2.53. The molecule has 2 amide bonds. The Labute approximate surface area is 193 Å². The van der Waals surface area contributed by atoms with Crippen LogP contribution in [0.25, 0.3) is 0 Å². The molecular formula is C22H23ClF4N4O2. The molecule has 0 aliphatic carbocycles. The van der Waals surface area contributed by atoms with Gasteiger partial charge in [-0.25, -0.2) is 4.39 Å². The van der Waals surface area contributed by atoms with Crippen LogP contribution in [0.2, 0.25) is 5.02 Å². The van der Waals surface area contributed by atoms with Crippen molar-refractivity contribution in [3.63, 3.8) is 0 Å². The average molecular weight is 487 g/mol. The van der Waals surface area contributed by atoms with E-state index in [1.165, 1.54) is 24.3 Å². The second-order valence-corrected chi connectivity index (χ2v) is 8.14. The molecular weight excluding hydrogens is 464 g/mol. The van der Waals surface area contributed by atoms with Gasteiger partial charge < -0.3 is 10.6 Å². The third-order valence-electron chi connectivity index (χ3n) is 5.35. The predicted molar refractivity (Wildman–Crippen MR) is 118 cm³/mol. The fourth-order valence-electron chi connectivity index (χ4n) is 3.51. The molecule has 2 aromatic carbocycles. The summed E-state index contributed by atoms with van der Waals surface area (Å²) in [6.45, 7) is 3.78. The molecule has 0 saturated carbocycles. The molecule has 33 heavy (non-hydrogen) atoms. The van der Waals surface area contributed by atoms with Gasteiger partial charge in [0.05, 0.1) is 23.2 Å². The maximum atomic E-state index is 13.3. The molecule has 1 unspecified atom stereocenters. The minimum absolute atomic E-state index is 0.00167. The third-order valence-corrected chi connectivity index (χ3v) is 5.68. The number of piperazine rings is 1. The molecule has 1 heterocycles. The highest BCUT2D eigenvalue weighted by atomic mass is 35.5. The molecule has 1 aliphatic rings. The first-order chi connectivity index (χ1) is 15.5. The summed E-state index contributed by atoms with van der Waals surface area (Å²) >= 11 is 5.60. The highest BCUT2D eigenvalue weighted by molar-refractivity contribution is 6.31. The molecule has 1 aliphatic heterocycles. The molecule has 1 atom stereocenters. The van der Waals surface area contributed by atoms with Gasteiger partial charge in [0.1, 0.15) is 5.82 Å². The number of nitrogens with zero attached hydrogens (tertiary/aromatic N) is 2. The first-order valence-corrected chi connectivity index (χ1v) is 10.6. The van der Waals surface area contributed by atoms with E-state index in [0.717, 1.165) is 12.1 Å². The van der Waals surface area contributed by atoms with Crippen molar-refractivity contribution in [1.82, 2.24) is 9.80 Å². The predicted octanol–water partition coefficient (Wildman–Crippen LogP) is 4.08. The van der Waals surface area contributed by atoms with Crippen molar-refractivity contribution in [2.45, 2.75) is 19.1 Å². The lowest BCUT2D eigenvalue weighted by molar-refractivity contribution is -0.137. The van der Waals surface area contributed by atoms with E-state index >= 15 is 0 Å². The fourth-order valence-corrected chi connectivity index (χ4v) is 3.74. The SMILES string of the molecule is CC(C(=O)Nc1cccc(F)c1)N1CCN(CC(=O)Nc2ccc(Cl)c(C(F)(F)F)c2)CC1. The van der Waals surface area contributed by atoms with Gasteiger partial charge in [-0.05, 0) is 43.3 Å². The number of halogens is 5. The maximum Gasteiger partial charge on any atom is 0.417 e. The maximum absolute atomic E-state index is 13.3. The number of anilines is 2. The van der Waals surface area contributed by atoms with Crippen LogP contribution in [0.15, 0.2) is 42.5 Å². The minimum atomic E-state index is -4.62. The lowest BCUT2D eigenvalue weighted by atomic mass is 10.2. The van der Waals surface area contributed by atoms with Gasteiger partial charge in [-0.1, -0.05) is 17.7 Å². The fraction of sp³-hybridized carbons (Fsp3) is 0.364. The van der Waals surface area contributed by atoms with Crippen molar-refractivity contribution in [3.8, 4) is 0 Å². The molecule has 0 aromatic heterocycles. The molecule has 2 N–H and O–H groups in total. The highest BCUT2D eigenvalue weighted by Gasteiger charge is 2.33. The van der Waals surface area contributed by atoms with Crippen LogP contribution in [0.4, 0.5) is 28.9 Å². The number of carbonyl (C=O) groups excluding carboxylic acids is 2. The van der Waals surface area contributed by atoms with E-state index in [2.05, 4.69) is 10.6 Å². The van der Waals surface area contributed by atoms with Gasteiger partial charge in [-0.15, -0.1) is 0 Å². The third kappa shape index (κ3) is 6.89. The second kappa shape index (κ2) is 10.5. The summed E-state index contributed by atoms with van der Waals surface area (Å²) < 4.78 is 52.2. The number of nitrogens with one attached hydrogen (secondary N) is 2. The van der Waals surface area contributed by atoms with Crippen molar-refractivity contribution in [3.05, 3.63) is 58.9 Å². The van der Waals surface area contributed by atoms with Gasteiger partial charge in [-0.2, -0.15) is 13.2 Å². The summed E-state index contributed by atoms with van der Waals surface area (Å²) in [5.41, 5.74) is -0.628. The highest BCUT2D eigenvalue weighted by Crippen LogP contribution is 2.36. The Kier molecular flexibility index (Phi) is 7.93. The summed E-state index contributed by atoms with van der Waals surface area (Å²) in [6, 6.07) is 8.38. The van der Waals surface area contributed by atoms with E-state index in [4.69, 9.17) is 11.6 Å². The van der Waals surface area contributed by atoms with Crippen LogP contribution in [-0.4, -0.2) is 60.4 Å². The summed E-state index contributed by atoms with van der Waals surface area (Å²) in [6.07, 6.45) is -4.62. The van der Waals surface area contributed by atoms with Crippen LogP contribution in [0, 0.1) is 5.82 Å². The Morgan fingerprint density at radius 3 is 2.33 bits per heavy atom. The van der Waals surface area contributed by atoms with E-state index in [1.807, 2.05) is 9.80 Å². The average Bonchev–Trinajstić information content (AvgIpc) is 2.74. The molecule has 3 rings (SSSR count). The standard InChI is InChI=1S/C22H23ClF4N4O2/c1-14(21(33)29-16-4-2-3-15(24)11-16)31-9-7-30(8-10-31)13-20(32)28-17-5-6-19(23)18(12-17)22(25,26)27/h2-6,11-12,14H,7-10,13H2,1H3,(H,28,32)(H,29,33). The molecule has 1 fully saturated rings. The van der Waals surface area contributed by atoms with Crippen molar-refractivity contribution < 1.29 is 27.2 Å². The Morgan fingerprint density at radius 1 is 1.03 bits per heavy atom. The topological polar surface area (TPSA) is 64.7 Å². The number of benzene rings is 2. The molecule has 178 valence electrons. The molecule has 1 saturated heterocycles. The molecule has 0 radical (unpaired) electrons. The van der Waals surface area contributed by atoms with Gasteiger partial charge in [0.15, 0.2) is 0 Å². The van der Waals surface area contributed by atoms with Crippen molar-refractivity contribution in [1.29, 1.82) is 0 Å². The lowest BCUT2D eigenvalue weighted by Gasteiger charge is -2.37. The number of hydrogen-bond acceptors (Lipinski definition) is 4. The van der Waals surface area contributed by atoms with Gasteiger partial charge in [0, 0.05) is 37.6 Å². The number of amides is 2. The number of alkyl halides is 3. The summed E-state index contributed by atoms with van der Waals surface area (Å²) in [4.78, 5) is 28.6. The Morgan fingerprint density at radius 2 is 1.70 bits per heavy atom. The van der Waals surface area contributed by atoms with Gasteiger partial charge in [-0.3, -0.25) is 19.4 Å². The van der Waals surface area contributed by atoms with Crippen LogP contribution in [0.3, 0.4) is 0 Å². The number of rotatable bonds is 6. The van der Waals surface area contributed by atoms with E-state index in [0.29, 0.717) is 31.9 Å². The first kappa shape index (κ1) is 24.9. The zero-order valence-electron chi connectivity index (χ0n) is 17.8. The largest absolute Gasteiger partial charge is 0.417 e. The van der Waals surface area contributed by atoms with Gasteiger partial charge in [0.25, 0.3) is 0 Å². The second-order valence-electron chi connectivity index (χ2n) is 7.73. The number of hydrogen-bond donors (Lipinski definition) is 2. The smallest absolute Gasteiger partial charge is 0.325 e. The first-order valence-electron chi connectivity index (χ1n) is 10.2. The van der Waals surface area contributed by atoms with E-state index in [9.17, 15) is 27.2 Å². The van der Waals surface area contributed by atoms with Crippen LogP contribution < -0.4 is 10.6 Å². The molecule has 11 heteroatoms. The normalized spacial score (nSPS) is 16.3. The molecule has 0 spiro atoms. The Hall–Kier alpha value is -2.69. The van der Waals surface area contributed by atoms with Gasteiger partial charge >= 0.3 is 6.18 Å². The Balaban J connectivity index is 1.48. The van der Waals surface area contributed by atoms with Crippen molar-refractivity contribution in [2.24, 2.45) is 0 Å². The molecule has 0 bridgehead atoms. The van der Waals surface area contributed by atoms with Crippen LogP contribution >= 0.6 is 11.6 Å².